The van der Waals surface area contributed by atoms with Crippen LogP contribution in [0, 0.1) is 0 Å². The molecule has 1 unspecified atom stereocenters. The Hall–Kier alpha value is -3.67. The lowest BCUT2D eigenvalue weighted by atomic mass is 9.95. The summed E-state index contributed by atoms with van der Waals surface area (Å²) in [5, 5.41) is 6.84. The lowest BCUT2D eigenvalue weighted by Crippen LogP contribution is -2.21. The molecule has 3 rings (SSSR count). The van der Waals surface area contributed by atoms with Crippen LogP contribution in [0.5, 0.6) is 0 Å². The van der Waals surface area contributed by atoms with Crippen LogP contribution in [0.25, 0.3) is 5.57 Å². The molecule has 2 aromatic rings. The molecule has 0 radical (unpaired) electrons. The number of benzene rings is 2. The van der Waals surface area contributed by atoms with E-state index in [4.69, 9.17) is 5.73 Å². The van der Waals surface area contributed by atoms with Gasteiger partial charge < -0.3 is 11.1 Å². The van der Waals surface area contributed by atoms with Gasteiger partial charge in [-0.2, -0.15) is 5.10 Å². The van der Waals surface area contributed by atoms with Crippen molar-refractivity contribution >= 4 is 35.0 Å². The number of hydrogen-bond donors (Lipinski definition) is 3. The van der Waals surface area contributed by atoms with Crippen molar-refractivity contribution in [2.75, 3.05) is 11.1 Å². The number of nitrogens with zero attached hydrogens (tertiary/aromatic N) is 1. The summed E-state index contributed by atoms with van der Waals surface area (Å²) in [7, 11) is 0. The minimum atomic E-state index is -0.378. The summed E-state index contributed by atoms with van der Waals surface area (Å²) in [4.78, 5) is 25.2. The van der Waals surface area contributed by atoms with E-state index in [2.05, 4.69) is 15.8 Å². The molecule has 1 aliphatic heterocycles. The number of allylic oxidation sites excluding steroid dienone is 4. The van der Waals surface area contributed by atoms with Crippen LogP contribution in [0.15, 0.2) is 65.3 Å². The maximum absolute atomic E-state index is 12.7. The number of hydrazone groups is 1. The highest BCUT2D eigenvalue weighted by Gasteiger charge is 2.22. The first-order valence-corrected chi connectivity index (χ1v) is 9.38. The Morgan fingerprint density at radius 3 is 2.66 bits per heavy atom. The Labute approximate surface area is 170 Å². The zero-order valence-corrected chi connectivity index (χ0v) is 16.7. The monoisotopic (exact) mass is 388 g/mol. The van der Waals surface area contributed by atoms with Gasteiger partial charge >= 0.3 is 0 Å². The molecule has 2 aromatic carbocycles. The summed E-state index contributed by atoms with van der Waals surface area (Å²) < 4.78 is 0. The largest absolute Gasteiger partial charge is 0.398 e. The molecule has 0 aliphatic carbocycles. The first-order valence-electron chi connectivity index (χ1n) is 9.38. The second-order valence-corrected chi connectivity index (χ2v) is 6.94. The van der Waals surface area contributed by atoms with Gasteiger partial charge in [0.05, 0.1) is 17.7 Å². The van der Waals surface area contributed by atoms with Crippen molar-refractivity contribution in [3.05, 3.63) is 76.9 Å². The van der Waals surface area contributed by atoms with Gasteiger partial charge in [-0.1, -0.05) is 48.1 Å². The van der Waals surface area contributed by atoms with Gasteiger partial charge in [0, 0.05) is 22.5 Å². The minimum Gasteiger partial charge on any atom is -0.398 e. The fourth-order valence-electron chi connectivity index (χ4n) is 3.10. The van der Waals surface area contributed by atoms with Gasteiger partial charge in [0.25, 0.3) is 5.91 Å². The molecular weight excluding hydrogens is 364 g/mol. The van der Waals surface area contributed by atoms with E-state index in [0.29, 0.717) is 22.5 Å². The quantitative estimate of drug-likeness (QED) is 0.688. The molecular formula is C23H24N4O2. The van der Waals surface area contributed by atoms with Crippen molar-refractivity contribution in [3.8, 4) is 0 Å². The fraction of sp³-hybridized carbons (Fsp3) is 0.174. The molecule has 148 valence electrons. The van der Waals surface area contributed by atoms with E-state index in [-0.39, 0.29) is 17.7 Å². The highest BCUT2D eigenvalue weighted by molar-refractivity contribution is 6.19. The summed E-state index contributed by atoms with van der Waals surface area (Å²) in [5.74, 6) is -0.903. The maximum atomic E-state index is 12.7. The van der Waals surface area contributed by atoms with Crippen molar-refractivity contribution in [3.63, 3.8) is 0 Å². The predicted molar refractivity (Wildman–Crippen MR) is 118 cm³/mol. The number of nitrogens with one attached hydrogen (secondary N) is 2. The normalized spacial score (nSPS) is 16.0. The summed E-state index contributed by atoms with van der Waals surface area (Å²) in [6.45, 7) is 5.72. The number of anilines is 2. The maximum Gasteiger partial charge on any atom is 0.272 e. The summed E-state index contributed by atoms with van der Waals surface area (Å²) in [6, 6.07) is 12.8. The standard InChI is InChI=1S/C23H24N4O2/c1-4-14(2)10-17-13-25-27-23(29)19-11-18(12-20(24)21(17)19)26-22(28)15(3)16-8-6-5-7-9-16/h4-13,15H,24H2,1-3H3,(H,26,28)(H,27,29)/b14-4+,17-10+. The first kappa shape index (κ1) is 20.1. The van der Waals surface area contributed by atoms with E-state index >= 15 is 0 Å². The number of amides is 2. The van der Waals surface area contributed by atoms with Crippen LogP contribution in [0.4, 0.5) is 11.4 Å². The van der Waals surface area contributed by atoms with Gasteiger partial charge in [0.2, 0.25) is 5.91 Å². The van der Waals surface area contributed by atoms with Gasteiger partial charge in [-0.25, -0.2) is 5.43 Å². The van der Waals surface area contributed by atoms with E-state index in [1.54, 1.807) is 18.3 Å². The van der Waals surface area contributed by atoms with E-state index in [1.807, 2.05) is 63.3 Å². The number of carbonyl (C=O) groups is 2. The third-order valence-electron chi connectivity index (χ3n) is 4.87. The molecule has 1 aliphatic rings. The highest BCUT2D eigenvalue weighted by atomic mass is 16.2. The van der Waals surface area contributed by atoms with E-state index in [0.717, 1.165) is 16.7 Å². The smallest absolute Gasteiger partial charge is 0.272 e. The van der Waals surface area contributed by atoms with E-state index in [9.17, 15) is 9.59 Å². The Morgan fingerprint density at radius 1 is 1.24 bits per heavy atom. The second-order valence-electron chi connectivity index (χ2n) is 6.94. The zero-order chi connectivity index (χ0) is 21.0. The molecule has 29 heavy (non-hydrogen) atoms. The second kappa shape index (κ2) is 8.56. The Balaban J connectivity index is 1.96. The van der Waals surface area contributed by atoms with Gasteiger partial charge in [0.1, 0.15) is 0 Å². The molecule has 1 heterocycles. The predicted octanol–water partition coefficient (Wildman–Crippen LogP) is 4.09. The van der Waals surface area contributed by atoms with Crippen LogP contribution in [-0.2, 0) is 4.79 Å². The summed E-state index contributed by atoms with van der Waals surface area (Å²) in [6.07, 6.45) is 5.44. The molecule has 1 atom stereocenters. The number of fused-ring (bicyclic) bond motifs is 1. The molecule has 0 spiro atoms. The SMILES string of the molecule is C/C=C(C)/C=C1\C=NNC(=O)c2cc(NC(=O)C(C)c3ccccc3)cc(N)c21. The van der Waals surface area contributed by atoms with Crippen molar-refractivity contribution < 1.29 is 9.59 Å². The molecule has 0 bridgehead atoms. The molecule has 4 N–H and O–H groups in total. The molecule has 6 nitrogen and oxygen atoms in total. The number of hydrogen-bond acceptors (Lipinski definition) is 4. The molecule has 0 saturated heterocycles. The summed E-state index contributed by atoms with van der Waals surface area (Å²) in [5.41, 5.74) is 13.2. The first-order chi connectivity index (χ1) is 13.9. The summed E-state index contributed by atoms with van der Waals surface area (Å²) >= 11 is 0. The third kappa shape index (κ3) is 4.43. The Bertz CT molecular complexity index is 1040. The zero-order valence-electron chi connectivity index (χ0n) is 16.7. The van der Waals surface area contributed by atoms with Crippen LogP contribution < -0.4 is 16.5 Å². The molecule has 0 saturated carbocycles. The van der Waals surface area contributed by atoms with Gasteiger partial charge in [0.15, 0.2) is 0 Å². The van der Waals surface area contributed by atoms with Crippen LogP contribution in [0.2, 0.25) is 0 Å². The van der Waals surface area contributed by atoms with Crippen LogP contribution in [-0.4, -0.2) is 18.0 Å². The van der Waals surface area contributed by atoms with Gasteiger partial charge in [-0.3, -0.25) is 9.59 Å². The van der Waals surface area contributed by atoms with E-state index < -0.39 is 0 Å². The molecule has 2 amide bonds. The third-order valence-corrected chi connectivity index (χ3v) is 4.87. The highest BCUT2D eigenvalue weighted by Crippen LogP contribution is 2.31. The topological polar surface area (TPSA) is 96.6 Å². The van der Waals surface area contributed by atoms with Gasteiger partial charge in [-0.05, 0) is 38.5 Å². The van der Waals surface area contributed by atoms with Crippen molar-refractivity contribution in [1.29, 1.82) is 0 Å². The van der Waals surface area contributed by atoms with Crippen molar-refractivity contribution in [2.45, 2.75) is 26.7 Å². The Kier molecular flexibility index (Phi) is 5.93. The number of rotatable bonds is 4. The average molecular weight is 388 g/mol. The number of nitrogens with two attached hydrogens (primary N) is 1. The van der Waals surface area contributed by atoms with Crippen molar-refractivity contribution in [1.82, 2.24) is 5.43 Å². The lowest BCUT2D eigenvalue weighted by Gasteiger charge is -2.16. The minimum absolute atomic E-state index is 0.179. The van der Waals surface area contributed by atoms with Crippen LogP contribution in [0.3, 0.4) is 0 Å². The van der Waals surface area contributed by atoms with Gasteiger partial charge in [-0.15, -0.1) is 0 Å². The van der Waals surface area contributed by atoms with Crippen LogP contribution in [0.1, 0.15) is 48.2 Å². The van der Waals surface area contributed by atoms with Crippen LogP contribution >= 0.6 is 0 Å². The lowest BCUT2D eigenvalue weighted by molar-refractivity contribution is -0.117. The Morgan fingerprint density at radius 2 is 1.97 bits per heavy atom. The molecule has 0 fully saturated rings. The average Bonchev–Trinajstić information content (AvgIpc) is 2.87. The molecule has 6 heteroatoms. The number of nitrogen functional groups attached to an aromatic ring is 1. The van der Waals surface area contributed by atoms with Crippen molar-refractivity contribution in [2.24, 2.45) is 5.10 Å². The molecule has 0 aromatic heterocycles. The van der Waals surface area contributed by atoms with E-state index in [1.165, 1.54) is 0 Å². The fourth-order valence-corrected chi connectivity index (χ4v) is 3.10. The number of carbonyl (C=O) groups excluding carboxylic acids is 2.